The maximum atomic E-state index is 11.5. The number of nitrogens with two attached hydrogens (primary N) is 1. The van der Waals surface area contributed by atoms with E-state index >= 15 is 0 Å². The molecule has 0 radical (unpaired) electrons. The van der Waals surface area contributed by atoms with Gasteiger partial charge in [0.15, 0.2) is 9.84 Å². The molecule has 3 N–H and O–H groups in total. The van der Waals surface area contributed by atoms with Crippen molar-refractivity contribution in [3.8, 4) is 0 Å². The molecule has 0 amide bonds. The molecule has 2 unspecified atom stereocenters. The molecule has 0 aromatic heterocycles. The van der Waals surface area contributed by atoms with Crippen molar-refractivity contribution in [1.29, 1.82) is 0 Å². The lowest BCUT2D eigenvalue weighted by Crippen LogP contribution is -2.39. The van der Waals surface area contributed by atoms with E-state index in [2.05, 4.69) is 5.43 Å². The predicted molar refractivity (Wildman–Crippen MR) is 65.8 cm³/mol. The third-order valence-corrected chi connectivity index (χ3v) is 4.53. The van der Waals surface area contributed by atoms with Crippen LogP contribution in [0.4, 0.5) is 0 Å². The van der Waals surface area contributed by atoms with Crippen LogP contribution in [0.3, 0.4) is 0 Å². The van der Waals surface area contributed by atoms with Gasteiger partial charge >= 0.3 is 0 Å². The first-order valence-electron chi connectivity index (χ1n) is 4.77. The van der Waals surface area contributed by atoms with Crippen LogP contribution < -0.4 is 11.3 Å². The lowest BCUT2D eigenvalue weighted by molar-refractivity contribution is 0.513. The van der Waals surface area contributed by atoms with E-state index in [0.29, 0.717) is 10.6 Å². The van der Waals surface area contributed by atoms with Gasteiger partial charge < -0.3 is 0 Å². The molecule has 6 heteroatoms. The van der Waals surface area contributed by atoms with Crippen LogP contribution >= 0.6 is 11.6 Å². The third kappa shape index (κ3) is 2.95. The monoisotopic (exact) mass is 262 g/mol. The highest BCUT2D eigenvalue weighted by Crippen LogP contribution is 2.27. The highest BCUT2D eigenvalue weighted by Gasteiger charge is 2.27. The van der Waals surface area contributed by atoms with Crippen LogP contribution in [0.15, 0.2) is 24.3 Å². The summed E-state index contributed by atoms with van der Waals surface area (Å²) in [6, 6.07) is 6.53. The largest absolute Gasteiger partial charge is 0.271 e. The van der Waals surface area contributed by atoms with E-state index in [1.165, 1.54) is 6.26 Å². The molecule has 1 aromatic carbocycles. The molecule has 0 bridgehead atoms. The van der Waals surface area contributed by atoms with Crippen molar-refractivity contribution < 1.29 is 8.42 Å². The van der Waals surface area contributed by atoms with E-state index < -0.39 is 21.1 Å². The van der Waals surface area contributed by atoms with Crippen LogP contribution in [-0.2, 0) is 9.84 Å². The molecule has 1 rings (SSSR count). The maximum absolute atomic E-state index is 11.5. The average Bonchev–Trinajstić information content (AvgIpc) is 2.20. The zero-order valence-electron chi connectivity index (χ0n) is 9.14. The Morgan fingerprint density at radius 3 is 2.38 bits per heavy atom. The summed E-state index contributed by atoms with van der Waals surface area (Å²) in [4.78, 5) is 0. The summed E-state index contributed by atoms with van der Waals surface area (Å²) >= 11 is 6.00. The molecule has 16 heavy (non-hydrogen) atoms. The Morgan fingerprint density at radius 2 is 1.94 bits per heavy atom. The first-order chi connectivity index (χ1) is 7.38. The lowest BCUT2D eigenvalue weighted by Gasteiger charge is -2.23. The minimum atomic E-state index is -3.18. The van der Waals surface area contributed by atoms with Gasteiger partial charge in [-0.2, -0.15) is 0 Å². The Labute approximate surface area is 101 Å². The second-order valence-corrected chi connectivity index (χ2v) is 6.51. The summed E-state index contributed by atoms with van der Waals surface area (Å²) in [6.07, 6.45) is 1.18. The molecular weight excluding hydrogens is 248 g/mol. The Hall–Kier alpha value is -0.620. The van der Waals surface area contributed by atoms with Crippen molar-refractivity contribution in [3.05, 3.63) is 34.9 Å². The van der Waals surface area contributed by atoms with Crippen LogP contribution in [-0.4, -0.2) is 19.9 Å². The summed E-state index contributed by atoms with van der Waals surface area (Å²) in [7, 11) is -3.18. The standard InChI is InChI=1S/C10H15ClN2O2S/c1-7(16(2,14)15)10(13-12)8-5-3-4-6-9(8)11/h3-7,10,13H,12H2,1-2H3. The van der Waals surface area contributed by atoms with Gasteiger partial charge in [-0.25, -0.2) is 8.42 Å². The SMILES string of the molecule is CC(C(NN)c1ccccc1Cl)S(C)(=O)=O. The van der Waals surface area contributed by atoms with Crippen molar-refractivity contribution in [1.82, 2.24) is 5.43 Å². The Morgan fingerprint density at radius 1 is 1.38 bits per heavy atom. The lowest BCUT2D eigenvalue weighted by atomic mass is 10.1. The second-order valence-electron chi connectivity index (χ2n) is 3.70. The first kappa shape index (κ1) is 13.4. The van der Waals surface area contributed by atoms with Gasteiger partial charge in [-0.15, -0.1) is 0 Å². The molecule has 0 fully saturated rings. The maximum Gasteiger partial charge on any atom is 0.151 e. The van der Waals surface area contributed by atoms with Crippen molar-refractivity contribution in [2.75, 3.05) is 6.26 Å². The van der Waals surface area contributed by atoms with Crippen molar-refractivity contribution in [2.24, 2.45) is 5.84 Å². The fourth-order valence-electron chi connectivity index (χ4n) is 1.45. The summed E-state index contributed by atoms with van der Waals surface area (Å²) in [6.45, 7) is 1.60. The number of rotatable bonds is 4. The Kier molecular flexibility index (Phi) is 4.32. The van der Waals surface area contributed by atoms with Gasteiger partial charge in [0.25, 0.3) is 0 Å². The van der Waals surface area contributed by atoms with Crippen molar-refractivity contribution >= 4 is 21.4 Å². The van der Waals surface area contributed by atoms with Gasteiger partial charge in [0, 0.05) is 11.3 Å². The van der Waals surface area contributed by atoms with E-state index in [1.807, 2.05) is 0 Å². The van der Waals surface area contributed by atoms with Gasteiger partial charge in [0.05, 0.1) is 11.3 Å². The smallest absolute Gasteiger partial charge is 0.151 e. The zero-order valence-corrected chi connectivity index (χ0v) is 10.7. The van der Waals surface area contributed by atoms with Gasteiger partial charge in [-0.1, -0.05) is 29.8 Å². The molecule has 1 aromatic rings. The molecule has 2 atom stereocenters. The molecule has 0 saturated carbocycles. The predicted octanol–water partition coefficient (Wildman–Crippen LogP) is 1.28. The molecule has 0 spiro atoms. The fourth-order valence-corrected chi connectivity index (χ4v) is 2.43. The summed E-state index contributed by atoms with van der Waals surface area (Å²) in [5.41, 5.74) is 3.19. The quantitative estimate of drug-likeness (QED) is 0.633. The van der Waals surface area contributed by atoms with E-state index in [0.717, 1.165) is 0 Å². The summed E-state index contributed by atoms with van der Waals surface area (Å²) in [5.74, 6) is 5.40. The van der Waals surface area contributed by atoms with Crippen LogP contribution in [0.25, 0.3) is 0 Å². The molecule has 0 aliphatic carbocycles. The van der Waals surface area contributed by atoms with Crippen LogP contribution in [0.2, 0.25) is 5.02 Å². The number of benzene rings is 1. The van der Waals surface area contributed by atoms with Crippen LogP contribution in [0.5, 0.6) is 0 Å². The second kappa shape index (κ2) is 5.14. The summed E-state index contributed by atoms with van der Waals surface area (Å²) in [5, 5.41) is -0.140. The number of hydrogen-bond acceptors (Lipinski definition) is 4. The highest BCUT2D eigenvalue weighted by molar-refractivity contribution is 7.91. The van der Waals surface area contributed by atoms with E-state index in [4.69, 9.17) is 17.4 Å². The van der Waals surface area contributed by atoms with E-state index in [-0.39, 0.29) is 0 Å². The molecule has 0 aliphatic rings. The minimum absolute atomic E-state index is 0.501. The fraction of sp³-hybridized carbons (Fsp3) is 0.400. The van der Waals surface area contributed by atoms with Crippen LogP contribution in [0.1, 0.15) is 18.5 Å². The first-order valence-corrected chi connectivity index (χ1v) is 7.10. The number of halogens is 1. The Balaban J connectivity index is 3.14. The average molecular weight is 263 g/mol. The third-order valence-electron chi connectivity index (χ3n) is 2.56. The van der Waals surface area contributed by atoms with Crippen molar-refractivity contribution in [2.45, 2.75) is 18.2 Å². The number of sulfone groups is 1. The molecule has 90 valence electrons. The van der Waals surface area contributed by atoms with Gasteiger partial charge in [-0.05, 0) is 18.6 Å². The normalized spacial score (nSPS) is 15.8. The van der Waals surface area contributed by atoms with E-state index in [9.17, 15) is 8.42 Å². The molecule has 0 saturated heterocycles. The van der Waals surface area contributed by atoms with Crippen molar-refractivity contribution in [3.63, 3.8) is 0 Å². The van der Waals surface area contributed by atoms with Crippen LogP contribution in [0, 0.1) is 0 Å². The Bertz CT molecular complexity index is 462. The number of hydrogen-bond donors (Lipinski definition) is 2. The topological polar surface area (TPSA) is 72.2 Å². The minimum Gasteiger partial charge on any atom is -0.271 e. The molecule has 4 nitrogen and oxygen atoms in total. The molecular formula is C10H15ClN2O2S. The zero-order chi connectivity index (χ0) is 12.3. The number of nitrogens with one attached hydrogen (secondary N) is 1. The highest BCUT2D eigenvalue weighted by atomic mass is 35.5. The molecule has 0 aliphatic heterocycles. The molecule has 0 heterocycles. The van der Waals surface area contributed by atoms with E-state index in [1.54, 1.807) is 31.2 Å². The number of hydrazine groups is 1. The summed E-state index contributed by atoms with van der Waals surface area (Å²) < 4.78 is 23.0. The van der Waals surface area contributed by atoms with Gasteiger partial charge in [0.1, 0.15) is 0 Å². The van der Waals surface area contributed by atoms with Gasteiger partial charge in [-0.3, -0.25) is 11.3 Å². The van der Waals surface area contributed by atoms with Gasteiger partial charge in [0.2, 0.25) is 0 Å².